The Morgan fingerprint density at radius 1 is 1.40 bits per heavy atom. The molecular weight excluding hydrogens is 258 g/mol. The van der Waals surface area contributed by atoms with Gasteiger partial charge in [-0.05, 0) is 12.5 Å². The summed E-state index contributed by atoms with van der Waals surface area (Å²) in [7, 11) is 0. The maximum Gasteiger partial charge on any atom is 0.221 e. The van der Waals surface area contributed by atoms with E-state index in [2.05, 4.69) is 25.2 Å². The smallest absolute Gasteiger partial charge is 0.221 e. The van der Waals surface area contributed by atoms with Crippen molar-refractivity contribution >= 4 is 11.8 Å². The van der Waals surface area contributed by atoms with Crippen LogP contribution < -0.4 is 10.6 Å². The van der Waals surface area contributed by atoms with Gasteiger partial charge < -0.3 is 15.4 Å². The van der Waals surface area contributed by atoms with Gasteiger partial charge in [-0.2, -0.15) is 4.98 Å². The van der Waals surface area contributed by atoms with Gasteiger partial charge in [-0.15, -0.1) is 5.10 Å². The Balaban J connectivity index is 1.63. The van der Waals surface area contributed by atoms with Crippen molar-refractivity contribution < 1.29 is 4.74 Å². The van der Waals surface area contributed by atoms with E-state index in [1.807, 2.05) is 10.7 Å². The van der Waals surface area contributed by atoms with Crippen LogP contribution >= 0.6 is 0 Å². The second-order valence-electron chi connectivity index (χ2n) is 5.09. The first kappa shape index (κ1) is 11.6. The van der Waals surface area contributed by atoms with Crippen LogP contribution in [0.2, 0.25) is 0 Å². The molecule has 2 atom stereocenters. The molecule has 4 heterocycles. The van der Waals surface area contributed by atoms with Gasteiger partial charge in [0.25, 0.3) is 0 Å². The van der Waals surface area contributed by atoms with Crippen LogP contribution in [0.4, 0.5) is 11.8 Å². The SMILES string of the molecule is Nc1nccc(N2CC[C@H]3OCc4cnnn4[C@@H]3C2)n1. The molecule has 20 heavy (non-hydrogen) atoms. The third-order valence-corrected chi connectivity index (χ3v) is 3.91. The van der Waals surface area contributed by atoms with Crippen LogP contribution in [0, 0.1) is 0 Å². The van der Waals surface area contributed by atoms with E-state index in [1.54, 1.807) is 12.4 Å². The summed E-state index contributed by atoms with van der Waals surface area (Å²) < 4.78 is 7.87. The fraction of sp³-hybridized carbons (Fsp3) is 0.500. The lowest BCUT2D eigenvalue weighted by atomic mass is 10.0. The third-order valence-electron chi connectivity index (χ3n) is 3.91. The van der Waals surface area contributed by atoms with Gasteiger partial charge in [-0.3, -0.25) is 0 Å². The van der Waals surface area contributed by atoms with E-state index in [0.29, 0.717) is 12.6 Å². The van der Waals surface area contributed by atoms with Crippen molar-refractivity contribution in [2.75, 3.05) is 23.7 Å². The molecule has 1 fully saturated rings. The number of nitrogen functional groups attached to an aromatic ring is 1. The molecule has 104 valence electrons. The number of hydrogen-bond donors (Lipinski definition) is 1. The normalized spacial score (nSPS) is 25.1. The summed E-state index contributed by atoms with van der Waals surface area (Å²) in [5.74, 6) is 1.15. The van der Waals surface area contributed by atoms with Crippen LogP contribution in [-0.2, 0) is 11.3 Å². The maximum absolute atomic E-state index is 5.89. The number of piperidine rings is 1. The fourth-order valence-corrected chi connectivity index (χ4v) is 2.93. The number of nitrogens with two attached hydrogens (primary N) is 1. The van der Waals surface area contributed by atoms with Gasteiger partial charge in [0, 0.05) is 19.3 Å². The second kappa shape index (κ2) is 4.41. The zero-order valence-electron chi connectivity index (χ0n) is 10.9. The van der Waals surface area contributed by atoms with Crippen molar-refractivity contribution in [1.29, 1.82) is 0 Å². The quantitative estimate of drug-likeness (QED) is 0.781. The number of ether oxygens (including phenoxy) is 1. The third kappa shape index (κ3) is 1.80. The molecule has 2 aliphatic heterocycles. The number of fused-ring (bicyclic) bond motifs is 3. The number of aromatic nitrogens is 5. The number of anilines is 2. The Hall–Kier alpha value is -2.22. The minimum atomic E-state index is 0.172. The fourth-order valence-electron chi connectivity index (χ4n) is 2.93. The van der Waals surface area contributed by atoms with Crippen LogP contribution in [0.15, 0.2) is 18.5 Å². The van der Waals surface area contributed by atoms with Crippen molar-refractivity contribution in [3.8, 4) is 0 Å². The highest BCUT2D eigenvalue weighted by atomic mass is 16.5. The Labute approximate surface area is 115 Å². The van der Waals surface area contributed by atoms with Crippen molar-refractivity contribution in [3.63, 3.8) is 0 Å². The van der Waals surface area contributed by atoms with Gasteiger partial charge >= 0.3 is 0 Å². The summed E-state index contributed by atoms with van der Waals surface area (Å²) in [6.07, 6.45) is 4.58. The monoisotopic (exact) mass is 273 g/mol. The van der Waals surface area contributed by atoms with Crippen LogP contribution in [-0.4, -0.2) is 44.2 Å². The minimum absolute atomic E-state index is 0.172. The number of hydrogen-bond acceptors (Lipinski definition) is 7. The van der Waals surface area contributed by atoms with E-state index >= 15 is 0 Å². The lowest BCUT2D eigenvalue weighted by molar-refractivity contribution is -0.0373. The van der Waals surface area contributed by atoms with Crippen LogP contribution in [0.1, 0.15) is 18.2 Å². The summed E-state index contributed by atoms with van der Waals surface area (Å²) in [4.78, 5) is 10.4. The van der Waals surface area contributed by atoms with Crippen LogP contribution in [0.3, 0.4) is 0 Å². The van der Waals surface area contributed by atoms with E-state index in [4.69, 9.17) is 10.5 Å². The summed E-state index contributed by atoms with van der Waals surface area (Å²) >= 11 is 0. The highest BCUT2D eigenvalue weighted by Crippen LogP contribution is 2.31. The molecule has 0 bridgehead atoms. The molecule has 0 unspecified atom stereocenters. The van der Waals surface area contributed by atoms with E-state index in [1.165, 1.54) is 0 Å². The van der Waals surface area contributed by atoms with E-state index in [9.17, 15) is 0 Å². The molecule has 0 saturated carbocycles. The summed E-state index contributed by atoms with van der Waals surface area (Å²) in [6, 6.07) is 2.05. The van der Waals surface area contributed by atoms with Crippen molar-refractivity contribution in [1.82, 2.24) is 25.0 Å². The van der Waals surface area contributed by atoms with Gasteiger partial charge in [0.1, 0.15) is 5.82 Å². The van der Waals surface area contributed by atoms with Gasteiger partial charge in [-0.25, -0.2) is 9.67 Å². The predicted octanol–water partition coefficient (Wildman–Crippen LogP) is 0.000500. The Morgan fingerprint density at radius 3 is 3.25 bits per heavy atom. The van der Waals surface area contributed by atoms with Gasteiger partial charge in [0.05, 0.1) is 30.6 Å². The summed E-state index contributed by atoms with van der Waals surface area (Å²) in [5.41, 5.74) is 6.68. The van der Waals surface area contributed by atoms with Gasteiger partial charge in [0.2, 0.25) is 5.95 Å². The van der Waals surface area contributed by atoms with Gasteiger partial charge in [0.15, 0.2) is 0 Å². The molecule has 8 heteroatoms. The molecule has 0 aromatic carbocycles. The summed E-state index contributed by atoms with van der Waals surface area (Å²) in [5, 5.41) is 8.16. The molecule has 0 aliphatic carbocycles. The first-order chi connectivity index (χ1) is 9.81. The Bertz CT molecular complexity index is 628. The van der Waals surface area contributed by atoms with Crippen molar-refractivity contribution in [2.45, 2.75) is 25.2 Å². The first-order valence-corrected chi connectivity index (χ1v) is 6.65. The zero-order valence-corrected chi connectivity index (χ0v) is 10.9. The number of nitrogens with zero attached hydrogens (tertiary/aromatic N) is 6. The Morgan fingerprint density at radius 2 is 2.35 bits per heavy atom. The highest BCUT2D eigenvalue weighted by molar-refractivity contribution is 5.41. The molecule has 0 radical (unpaired) electrons. The molecule has 8 nitrogen and oxygen atoms in total. The second-order valence-corrected chi connectivity index (χ2v) is 5.09. The van der Waals surface area contributed by atoms with E-state index < -0.39 is 0 Å². The number of rotatable bonds is 1. The molecule has 2 aromatic rings. The zero-order chi connectivity index (χ0) is 13.5. The Kier molecular flexibility index (Phi) is 2.56. The average Bonchev–Trinajstić information content (AvgIpc) is 2.95. The lowest BCUT2D eigenvalue weighted by Crippen LogP contribution is -2.48. The molecule has 2 N–H and O–H groups in total. The predicted molar refractivity (Wildman–Crippen MR) is 70.9 cm³/mol. The molecule has 0 amide bonds. The lowest BCUT2D eigenvalue weighted by Gasteiger charge is -2.41. The molecule has 2 aromatic heterocycles. The van der Waals surface area contributed by atoms with E-state index in [-0.39, 0.29) is 12.1 Å². The molecule has 4 rings (SSSR count). The molecule has 1 saturated heterocycles. The first-order valence-electron chi connectivity index (χ1n) is 6.65. The topological polar surface area (TPSA) is 95.0 Å². The molecule has 2 aliphatic rings. The standard InChI is InChI=1S/C12H15N7O/c13-12-14-3-1-11(16-12)18-4-2-10-9(6-18)19-8(7-20-10)5-15-17-19/h1,3,5,9-10H,2,4,6-7H2,(H2,13,14,16)/t9-,10-/m1/s1. The van der Waals surface area contributed by atoms with Crippen molar-refractivity contribution in [2.24, 2.45) is 0 Å². The van der Waals surface area contributed by atoms with Gasteiger partial charge in [-0.1, -0.05) is 5.21 Å². The average molecular weight is 273 g/mol. The molecule has 0 spiro atoms. The minimum Gasteiger partial charge on any atom is -0.370 e. The maximum atomic E-state index is 5.89. The van der Waals surface area contributed by atoms with E-state index in [0.717, 1.165) is 31.0 Å². The van der Waals surface area contributed by atoms with Crippen LogP contribution in [0.25, 0.3) is 0 Å². The largest absolute Gasteiger partial charge is 0.370 e. The van der Waals surface area contributed by atoms with Crippen LogP contribution in [0.5, 0.6) is 0 Å². The highest BCUT2D eigenvalue weighted by Gasteiger charge is 2.36. The molecular formula is C12H15N7O. The van der Waals surface area contributed by atoms with Crippen molar-refractivity contribution in [3.05, 3.63) is 24.2 Å². The summed E-state index contributed by atoms with van der Waals surface area (Å²) in [6.45, 7) is 2.27.